The molecule has 1 atom stereocenters. The first-order valence-corrected chi connectivity index (χ1v) is 6.44. The van der Waals surface area contributed by atoms with Crippen LogP contribution in [0, 0.1) is 0 Å². The SMILES string of the molecule is CCC(c1ccccc1)n1c(N)nc2cccnc21. The van der Waals surface area contributed by atoms with E-state index in [1.54, 1.807) is 6.20 Å². The standard InChI is InChI=1S/C15H16N4/c1-2-13(11-7-4-3-5-8-11)19-14-12(18-15(19)16)9-6-10-17-14/h3-10,13H,2H2,1H3,(H2,16,18). The number of nitrogen functional groups attached to an aromatic ring is 1. The van der Waals surface area contributed by atoms with Crippen LogP contribution in [0.3, 0.4) is 0 Å². The van der Waals surface area contributed by atoms with E-state index in [2.05, 4.69) is 29.0 Å². The van der Waals surface area contributed by atoms with Gasteiger partial charge >= 0.3 is 0 Å². The third kappa shape index (κ3) is 1.95. The Hall–Kier alpha value is -2.36. The van der Waals surface area contributed by atoms with Crippen LogP contribution in [0.25, 0.3) is 11.2 Å². The molecule has 4 heteroatoms. The molecule has 1 aromatic carbocycles. The smallest absolute Gasteiger partial charge is 0.203 e. The van der Waals surface area contributed by atoms with E-state index in [0.717, 1.165) is 17.6 Å². The van der Waals surface area contributed by atoms with Crippen molar-refractivity contribution in [3.05, 3.63) is 54.2 Å². The second-order valence-electron chi connectivity index (χ2n) is 4.52. The molecule has 0 aliphatic heterocycles. The van der Waals surface area contributed by atoms with E-state index in [1.807, 2.05) is 34.9 Å². The molecule has 0 saturated heterocycles. The van der Waals surface area contributed by atoms with Gasteiger partial charge in [0, 0.05) is 6.20 Å². The summed E-state index contributed by atoms with van der Waals surface area (Å²) < 4.78 is 2.02. The highest BCUT2D eigenvalue weighted by Gasteiger charge is 2.18. The topological polar surface area (TPSA) is 56.7 Å². The quantitative estimate of drug-likeness (QED) is 0.779. The van der Waals surface area contributed by atoms with E-state index >= 15 is 0 Å². The van der Waals surface area contributed by atoms with Crippen LogP contribution in [-0.2, 0) is 0 Å². The number of anilines is 1. The van der Waals surface area contributed by atoms with Crippen LogP contribution < -0.4 is 5.73 Å². The lowest BCUT2D eigenvalue weighted by Crippen LogP contribution is -2.13. The number of rotatable bonds is 3. The summed E-state index contributed by atoms with van der Waals surface area (Å²) in [6, 6.07) is 14.3. The number of hydrogen-bond donors (Lipinski definition) is 1. The minimum Gasteiger partial charge on any atom is -0.369 e. The number of benzene rings is 1. The van der Waals surface area contributed by atoms with Crippen LogP contribution in [0.15, 0.2) is 48.7 Å². The predicted octanol–water partition coefficient (Wildman–Crippen LogP) is 3.01. The van der Waals surface area contributed by atoms with Crippen molar-refractivity contribution in [1.29, 1.82) is 0 Å². The predicted molar refractivity (Wildman–Crippen MR) is 76.8 cm³/mol. The second-order valence-corrected chi connectivity index (χ2v) is 4.52. The second kappa shape index (κ2) is 4.72. The van der Waals surface area contributed by atoms with Crippen LogP contribution >= 0.6 is 0 Å². The van der Waals surface area contributed by atoms with Crippen molar-refractivity contribution in [2.24, 2.45) is 0 Å². The molecule has 0 spiro atoms. The number of aromatic nitrogens is 3. The van der Waals surface area contributed by atoms with Gasteiger partial charge in [0.2, 0.25) is 5.95 Å². The first-order chi connectivity index (χ1) is 9.31. The largest absolute Gasteiger partial charge is 0.369 e. The molecule has 0 aliphatic carbocycles. The molecule has 0 aliphatic rings. The van der Waals surface area contributed by atoms with Crippen LogP contribution in [0.4, 0.5) is 5.95 Å². The van der Waals surface area contributed by atoms with E-state index < -0.39 is 0 Å². The van der Waals surface area contributed by atoms with Gasteiger partial charge in [-0.2, -0.15) is 0 Å². The van der Waals surface area contributed by atoms with Gasteiger partial charge in [-0.1, -0.05) is 37.3 Å². The number of nitrogens with two attached hydrogens (primary N) is 1. The van der Waals surface area contributed by atoms with E-state index in [1.165, 1.54) is 5.56 Å². The Labute approximate surface area is 111 Å². The number of hydrogen-bond acceptors (Lipinski definition) is 3. The molecule has 19 heavy (non-hydrogen) atoms. The monoisotopic (exact) mass is 252 g/mol. The first-order valence-electron chi connectivity index (χ1n) is 6.44. The van der Waals surface area contributed by atoms with E-state index in [0.29, 0.717) is 5.95 Å². The molecule has 0 bridgehead atoms. The third-order valence-electron chi connectivity index (χ3n) is 3.36. The van der Waals surface area contributed by atoms with E-state index in [9.17, 15) is 0 Å². The Morgan fingerprint density at radius 1 is 1.16 bits per heavy atom. The number of fused-ring (bicyclic) bond motifs is 1. The fourth-order valence-corrected chi connectivity index (χ4v) is 2.50. The Morgan fingerprint density at radius 2 is 1.95 bits per heavy atom. The summed E-state index contributed by atoms with van der Waals surface area (Å²) in [6.07, 6.45) is 2.72. The fourth-order valence-electron chi connectivity index (χ4n) is 2.50. The van der Waals surface area contributed by atoms with Gasteiger partial charge in [-0.05, 0) is 24.1 Å². The maximum absolute atomic E-state index is 6.08. The Bertz CT molecular complexity index is 688. The van der Waals surface area contributed by atoms with Crippen molar-refractivity contribution < 1.29 is 0 Å². The molecule has 0 saturated carbocycles. The number of nitrogens with zero attached hydrogens (tertiary/aromatic N) is 3. The third-order valence-corrected chi connectivity index (χ3v) is 3.36. The van der Waals surface area contributed by atoms with Crippen molar-refractivity contribution in [1.82, 2.24) is 14.5 Å². The van der Waals surface area contributed by atoms with Crippen molar-refractivity contribution in [3.63, 3.8) is 0 Å². The summed E-state index contributed by atoms with van der Waals surface area (Å²) in [5.41, 5.74) is 8.99. The molecule has 1 unspecified atom stereocenters. The Kier molecular flexibility index (Phi) is 2.91. The minimum atomic E-state index is 0.168. The number of pyridine rings is 1. The summed E-state index contributed by atoms with van der Waals surface area (Å²) in [7, 11) is 0. The van der Waals surface area contributed by atoms with Crippen LogP contribution in [0.1, 0.15) is 24.9 Å². The summed E-state index contributed by atoms with van der Waals surface area (Å²) >= 11 is 0. The van der Waals surface area contributed by atoms with Gasteiger partial charge in [-0.15, -0.1) is 0 Å². The summed E-state index contributed by atoms with van der Waals surface area (Å²) in [4.78, 5) is 8.80. The van der Waals surface area contributed by atoms with Crippen LogP contribution in [0.2, 0.25) is 0 Å². The fraction of sp³-hybridized carbons (Fsp3) is 0.200. The average molecular weight is 252 g/mol. The van der Waals surface area contributed by atoms with Gasteiger partial charge < -0.3 is 5.73 Å². The molecule has 0 fully saturated rings. The Balaban J connectivity index is 2.19. The molecule has 0 radical (unpaired) electrons. The molecular formula is C15H16N4. The lowest BCUT2D eigenvalue weighted by atomic mass is 10.0. The molecule has 96 valence electrons. The number of imidazole rings is 1. The highest BCUT2D eigenvalue weighted by molar-refractivity contribution is 5.74. The van der Waals surface area contributed by atoms with Crippen molar-refractivity contribution in [2.45, 2.75) is 19.4 Å². The van der Waals surface area contributed by atoms with E-state index in [-0.39, 0.29) is 6.04 Å². The zero-order chi connectivity index (χ0) is 13.2. The molecule has 0 amide bonds. The summed E-state index contributed by atoms with van der Waals surface area (Å²) in [5, 5.41) is 0. The molecule has 3 rings (SSSR count). The first kappa shape index (κ1) is 11.7. The zero-order valence-electron chi connectivity index (χ0n) is 10.8. The maximum Gasteiger partial charge on any atom is 0.203 e. The van der Waals surface area contributed by atoms with Gasteiger partial charge in [-0.3, -0.25) is 4.57 Å². The maximum atomic E-state index is 6.08. The van der Waals surface area contributed by atoms with Crippen LogP contribution in [-0.4, -0.2) is 14.5 Å². The highest BCUT2D eigenvalue weighted by atomic mass is 15.2. The molecule has 2 N–H and O–H groups in total. The molecule has 2 aromatic heterocycles. The van der Waals surface area contributed by atoms with Gasteiger partial charge in [0.15, 0.2) is 5.65 Å². The van der Waals surface area contributed by atoms with Crippen molar-refractivity contribution in [3.8, 4) is 0 Å². The van der Waals surface area contributed by atoms with Crippen molar-refractivity contribution >= 4 is 17.1 Å². The van der Waals surface area contributed by atoms with Crippen LogP contribution in [0.5, 0.6) is 0 Å². The van der Waals surface area contributed by atoms with E-state index in [4.69, 9.17) is 5.73 Å². The minimum absolute atomic E-state index is 0.168. The molecule has 4 nitrogen and oxygen atoms in total. The normalized spacial score (nSPS) is 12.7. The lowest BCUT2D eigenvalue weighted by Gasteiger charge is -2.18. The van der Waals surface area contributed by atoms with Gasteiger partial charge in [0.1, 0.15) is 5.52 Å². The zero-order valence-corrected chi connectivity index (χ0v) is 10.8. The van der Waals surface area contributed by atoms with Gasteiger partial charge in [0.25, 0.3) is 0 Å². The molecule has 3 aromatic rings. The average Bonchev–Trinajstić information content (AvgIpc) is 2.78. The Morgan fingerprint density at radius 3 is 2.68 bits per heavy atom. The molecule has 2 heterocycles. The van der Waals surface area contributed by atoms with Crippen molar-refractivity contribution in [2.75, 3.05) is 5.73 Å². The lowest BCUT2D eigenvalue weighted by molar-refractivity contribution is 0.585. The summed E-state index contributed by atoms with van der Waals surface area (Å²) in [5.74, 6) is 0.518. The molecular weight excluding hydrogens is 236 g/mol. The summed E-state index contributed by atoms with van der Waals surface area (Å²) in [6.45, 7) is 2.14. The van der Waals surface area contributed by atoms with Gasteiger partial charge in [-0.25, -0.2) is 9.97 Å². The van der Waals surface area contributed by atoms with Gasteiger partial charge in [0.05, 0.1) is 6.04 Å². The highest BCUT2D eigenvalue weighted by Crippen LogP contribution is 2.28.